The maximum Gasteiger partial charge on any atom is 0.256 e. The van der Waals surface area contributed by atoms with Gasteiger partial charge in [0.05, 0.1) is 5.69 Å². The number of ketones is 1. The highest BCUT2D eigenvalue weighted by Gasteiger charge is 2.29. The third-order valence-corrected chi connectivity index (χ3v) is 3.85. The smallest absolute Gasteiger partial charge is 0.256 e. The van der Waals surface area contributed by atoms with E-state index < -0.39 is 0 Å². The standard InChI is InChI=1S/C17H11NO2/c1-9-6-7-11-13(8-9)16(19)15-14(11)10-4-2-3-5-12(10)17(20)18-15/h2-8H,1H3,(H,18,20). The fraction of sp³-hybridized carbons (Fsp3) is 0.0588. The van der Waals surface area contributed by atoms with Gasteiger partial charge in [0, 0.05) is 16.5 Å². The Morgan fingerprint density at radius 3 is 2.45 bits per heavy atom. The van der Waals surface area contributed by atoms with Gasteiger partial charge in [-0.25, -0.2) is 0 Å². The van der Waals surface area contributed by atoms with Gasteiger partial charge < -0.3 is 4.98 Å². The van der Waals surface area contributed by atoms with E-state index in [4.69, 9.17) is 0 Å². The van der Waals surface area contributed by atoms with Crippen LogP contribution in [0.3, 0.4) is 0 Å². The summed E-state index contributed by atoms with van der Waals surface area (Å²) in [7, 11) is 0. The molecule has 1 heterocycles. The summed E-state index contributed by atoms with van der Waals surface area (Å²) < 4.78 is 0. The molecule has 1 aliphatic rings. The van der Waals surface area contributed by atoms with Gasteiger partial charge >= 0.3 is 0 Å². The molecule has 96 valence electrons. The second kappa shape index (κ2) is 3.67. The quantitative estimate of drug-likeness (QED) is 0.529. The third-order valence-electron chi connectivity index (χ3n) is 3.85. The first-order valence-corrected chi connectivity index (χ1v) is 6.47. The summed E-state index contributed by atoms with van der Waals surface area (Å²) in [6.45, 7) is 1.96. The summed E-state index contributed by atoms with van der Waals surface area (Å²) in [5.74, 6) is -0.0958. The molecule has 0 aliphatic heterocycles. The first kappa shape index (κ1) is 11.2. The van der Waals surface area contributed by atoms with Gasteiger partial charge in [0.1, 0.15) is 0 Å². The number of carbonyl (C=O) groups is 1. The highest BCUT2D eigenvalue weighted by atomic mass is 16.1. The van der Waals surface area contributed by atoms with Gasteiger partial charge in [0.25, 0.3) is 5.56 Å². The summed E-state index contributed by atoms with van der Waals surface area (Å²) in [4.78, 5) is 27.3. The second-order valence-electron chi connectivity index (χ2n) is 5.13. The summed E-state index contributed by atoms with van der Waals surface area (Å²) in [5, 5.41) is 1.45. The normalized spacial score (nSPS) is 12.6. The average Bonchev–Trinajstić information content (AvgIpc) is 2.73. The lowest BCUT2D eigenvalue weighted by Crippen LogP contribution is -2.12. The highest BCUT2D eigenvalue weighted by molar-refractivity contribution is 6.24. The summed E-state index contributed by atoms with van der Waals surface area (Å²) in [6, 6.07) is 13.2. The number of benzene rings is 2. The Kier molecular flexibility index (Phi) is 2.05. The maximum absolute atomic E-state index is 12.5. The zero-order valence-corrected chi connectivity index (χ0v) is 10.9. The number of rotatable bonds is 0. The highest BCUT2D eigenvalue weighted by Crippen LogP contribution is 2.39. The van der Waals surface area contributed by atoms with E-state index in [1.54, 1.807) is 6.07 Å². The number of hydrogen-bond donors (Lipinski definition) is 1. The minimum atomic E-state index is -0.211. The Labute approximate surface area is 114 Å². The molecule has 3 aromatic rings. The third kappa shape index (κ3) is 1.29. The molecule has 0 saturated heterocycles. The van der Waals surface area contributed by atoms with E-state index >= 15 is 0 Å². The lowest BCUT2D eigenvalue weighted by molar-refractivity contribution is 0.103. The Morgan fingerprint density at radius 1 is 0.900 bits per heavy atom. The number of carbonyl (C=O) groups excluding carboxylic acids is 1. The van der Waals surface area contributed by atoms with Crippen LogP contribution in [-0.2, 0) is 0 Å². The first-order valence-electron chi connectivity index (χ1n) is 6.47. The monoisotopic (exact) mass is 261 g/mol. The van der Waals surface area contributed by atoms with Gasteiger partial charge in [-0.3, -0.25) is 9.59 Å². The molecule has 3 heteroatoms. The number of aryl methyl sites for hydroxylation is 1. The molecule has 0 amide bonds. The van der Waals surface area contributed by atoms with Crippen LogP contribution in [-0.4, -0.2) is 10.8 Å². The number of aromatic nitrogens is 1. The van der Waals surface area contributed by atoms with E-state index in [9.17, 15) is 9.59 Å². The SMILES string of the molecule is Cc1ccc2c(c1)C(=O)c1[nH]c(=O)c3ccccc3c1-2. The zero-order valence-electron chi connectivity index (χ0n) is 10.9. The largest absolute Gasteiger partial charge is 0.318 e. The van der Waals surface area contributed by atoms with Crippen LogP contribution in [0.1, 0.15) is 21.6 Å². The predicted octanol–water partition coefficient (Wildman–Crippen LogP) is 3.05. The number of fused-ring (bicyclic) bond motifs is 5. The Bertz CT molecular complexity index is 951. The van der Waals surface area contributed by atoms with Crippen molar-refractivity contribution in [2.75, 3.05) is 0 Å². The van der Waals surface area contributed by atoms with Crippen LogP contribution in [0.25, 0.3) is 21.9 Å². The molecule has 0 bridgehead atoms. The molecule has 2 aromatic carbocycles. The van der Waals surface area contributed by atoms with Crippen LogP contribution in [0.15, 0.2) is 47.3 Å². The molecular weight excluding hydrogens is 250 g/mol. The van der Waals surface area contributed by atoms with E-state index in [-0.39, 0.29) is 11.3 Å². The molecule has 0 unspecified atom stereocenters. The summed E-state index contributed by atoms with van der Waals surface area (Å²) in [6.07, 6.45) is 0. The van der Waals surface area contributed by atoms with E-state index in [2.05, 4.69) is 4.98 Å². The number of aromatic amines is 1. The fourth-order valence-electron chi connectivity index (χ4n) is 2.93. The topological polar surface area (TPSA) is 49.9 Å². The lowest BCUT2D eigenvalue weighted by atomic mass is 10.00. The van der Waals surface area contributed by atoms with Crippen molar-refractivity contribution < 1.29 is 4.79 Å². The molecule has 0 radical (unpaired) electrons. The number of nitrogens with one attached hydrogen (secondary N) is 1. The predicted molar refractivity (Wildman–Crippen MR) is 78.2 cm³/mol. The molecule has 0 fully saturated rings. The summed E-state index contributed by atoms with van der Waals surface area (Å²) in [5.41, 5.74) is 3.67. The molecule has 3 nitrogen and oxygen atoms in total. The molecule has 1 aromatic heterocycles. The van der Waals surface area contributed by atoms with Crippen molar-refractivity contribution in [1.82, 2.24) is 4.98 Å². The van der Waals surface area contributed by atoms with Crippen molar-refractivity contribution in [3.63, 3.8) is 0 Å². The van der Waals surface area contributed by atoms with Crippen LogP contribution in [0, 0.1) is 6.92 Å². The van der Waals surface area contributed by atoms with Gasteiger partial charge in [-0.15, -0.1) is 0 Å². The summed E-state index contributed by atoms with van der Waals surface area (Å²) >= 11 is 0. The maximum atomic E-state index is 12.5. The molecule has 1 N–H and O–H groups in total. The van der Waals surface area contributed by atoms with Gasteiger partial charge in [-0.05, 0) is 30.0 Å². The van der Waals surface area contributed by atoms with Crippen molar-refractivity contribution in [2.24, 2.45) is 0 Å². The van der Waals surface area contributed by atoms with Crippen LogP contribution in [0.2, 0.25) is 0 Å². The van der Waals surface area contributed by atoms with Gasteiger partial charge in [0.15, 0.2) is 0 Å². The molecule has 0 saturated carbocycles. The van der Waals surface area contributed by atoms with Crippen LogP contribution in [0.4, 0.5) is 0 Å². The lowest BCUT2D eigenvalue weighted by Gasteiger charge is -2.05. The van der Waals surface area contributed by atoms with E-state index in [1.807, 2.05) is 43.3 Å². The van der Waals surface area contributed by atoms with E-state index in [1.165, 1.54) is 0 Å². The number of hydrogen-bond acceptors (Lipinski definition) is 2. The van der Waals surface area contributed by atoms with Crippen LogP contribution >= 0.6 is 0 Å². The number of H-pyrrole nitrogens is 1. The molecule has 1 aliphatic carbocycles. The molecule has 0 atom stereocenters. The molecule has 0 spiro atoms. The van der Waals surface area contributed by atoms with Crippen molar-refractivity contribution in [3.05, 3.63) is 69.6 Å². The molecule has 20 heavy (non-hydrogen) atoms. The van der Waals surface area contributed by atoms with Crippen molar-refractivity contribution >= 4 is 16.6 Å². The van der Waals surface area contributed by atoms with Gasteiger partial charge in [0.2, 0.25) is 5.78 Å². The Balaban J connectivity index is 2.23. The van der Waals surface area contributed by atoms with Crippen LogP contribution in [0.5, 0.6) is 0 Å². The fourth-order valence-corrected chi connectivity index (χ4v) is 2.93. The van der Waals surface area contributed by atoms with Gasteiger partial charge in [-0.1, -0.05) is 35.9 Å². The van der Waals surface area contributed by atoms with E-state index in [0.29, 0.717) is 16.6 Å². The zero-order chi connectivity index (χ0) is 13.9. The second-order valence-corrected chi connectivity index (χ2v) is 5.13. The average molecular weight is 261 g/mol. The first-order chi connectivity index (χ1) is 9.66. The Hall–Kier alpha value is -2.68. The molecule has 4 rings (SSSR count). The van der Waals surface area contributed by atoms with Crippen molar-refractivity contribution in [2.45, 2.75) is 6.92 Å². The van der Waals surface area contributed by atoms with Crippen LogP contribution < -0.4 is 5.56 Å². The minimum Gasteiger partial charge on any atom is -0.318 e. The van der Waals surface area contributed by atoms with Gasteiger partial charge in [-0.2, -0.15) is 0 Å². The van der Waals surface area contributed by atoms with Crippen molar-refractivity contribution in [1.29, 1.82) is 0 Å². The van der Waals surface area contributed by atoms with E-state index in [0.717, 1.165) is 22.1 Å². The van der Waals surface area contributed by atoms with Crippen molar-refractivity contribution in [3.8, 4) is 11.1 Å². The number of pyridine rings is 1. The Morgan fingerprint density at radius 2 is 1.65 bits per heavy atom. The minimum absolute atomic E-state index is 0.0958. The molecular formula is C17H11NO2.